The molecule has 0 bridgehead atoms. The largest absolute Gasteiger partial charge is 0.506 e. The number of ether oxygens (including phenoxy) is 2. The SMILES string of the molecule is CSN1N=C(c2cccc(C3=NN(SC)C(C(C)(C)C)O3)c2O)OC1C(C)(C)C. The van der Waals surface area contributed by atoms with E-state index in [1.165, 1.54) is 23.9 Å². The molecule has 0 amide bonds. The molecular weight excluding hydrogens is 408 g/mol. The number of nitrogens with zero attached hydrogens (tertiary/aromatic N) is 4. The molecule has 0 radical (unpaired) electrons. The zero-order chi connectivity index (χ0) is 21.6. The van der Waals surface area contributed by atoms with Crippen molar-refractivity contribution in [2.45, 2.75) is 54.0 Å². The Morgan fingerprint density at radius 1 is 0.828 bits per heavy atom. The summed E-state index contributed by atoms with van der Waals surface area (Å²) >= 11 is 2.98. The van der Waals surface area contributed by atoms with Crippen LogP contribution in [0.1, 0.15) is 52.7 Å². The summed E-state index contributed by atoms with van der Waals surface area (Å²) in [6, 6.07) is 5.44. The Bertz CT molecular complexity index is 766. The molecular formula is C20H30N4O3S2. The molecule has 0 saturated heterocycles. The van der Waals surface area contributed by atoms with E-state index >= 15 is 0 Å². The van der Waals surface area contributed by atoms with E-state index in [1.54, 1.807) is 12.1 Å². The van der Waals surface area contributed by atoms with E-state index in [4.69, 9.17) is 9.47 Å². The molecule has 3 rings (SSSR count). The van der Waals surface area contributed by atoms with Crippen LogP contribution in [0.25, 0.3) is 0 Å². The third-order valence-corrected chi connectivity index (χ3v) is 5.87. The van der Waals surface area contributed by atoms with Gasteiger partial charge in [0.15, 0.2) is 0 Å². The van der Waals surface area contributed by atoms with Crippen LogP contribution >= 0.6 is 23.9 Å². The summed E-state index contributed by atoms with van der Waals surface area (Å²) in [5.74, 6) is 0.842. The Morgan fingerprint density at radius 3 is 1.48 bits per heavy atom. The molecule has 0 fully saturated rings. The summed E-state index contributed by atoms with van der Waals surface area (Å²) in [6.45, 7) is 12.6. The highest BCUT2D eigenvalue weighted by Gasteiger charge is 2.41. The number of hydrogen-bond acceptors (Lipinski definition) is 9. The van der Waals surface area contributed by atoms with Gasteiger partial charge in [0.25, 0.3) is 0 Å². The molecule has 2 aliphatic rings. The molecule has 1 N–H and O–H groups in total. The van der Waals surface area contributed by atoms with Crippen LogP contribution in [0.4, 0.5) is 0 Å². The second kappa shape index (κ2) is 7.83. The van der Waals surface area contributed by atoms with Crippen molar-refractivity contribution in [1.82, 2.24) is 8.83 Å². The number of aromatic hydroxyl groups is 1. The van der Waals surface area contributed by atoms with Crippen molar-refractivity contribution in [3.8, 4) is 5.75 Å². The maximum atomic E-state index is 11.0. The summed E-state index contributed by atoms with van der Waals surface area (Å²) in [5, 5.41) is 20.2. The van der Waals surface area contributed by atoms with E-state index in [2.05, 4.69) is 51.7 Å². The van der Waals surface area contributed by atoms with E-state index < -0.39 is 0 Å². The highest BCUT2D eigenvalue weighted by atomic mass is 32.2. The van der Waals surface area contributed by atoms with Crippen LogP contribution in [0, 0.1) is 10.8 Å². The Morgan fingerprint density at radius 2 is 1.21 bits per heavy atom. The van der Waals surface area contributed by atoms with Crippen molar-refractivity contribution in [2.75, 3.05) is 12.5 Å². The van der Waals surface area contributed by atoms with Gasteiger partial charge in [0.05, 0.1) is 11.1 Å². The Hall–Kier alpha value is -1.74. The van der Waals surface area contributed by atoms with Crippen molar-refractivity contribution in [3.63, 3.8) is 0 Å². The second-order valence-electron chi connectivity index (χ2n) is 9.15. The number of phenols is 1. The first-order valence-corrected chi connectivity index (χ1v) is 11.8. The van der Waals surface area contributed by atoms with Crippen molar-refractivity contribution in [1.29, 1.82) is 0 Å². The highest BCUT2D eigenvalue weighted by molar-refractivity contribution is 7.96. The van der Waals surface area contributed by atoms with E-state index in [1.807, 2.05) is 27.4 Å². The van der Waals surface area contributed by atoms with Gasteiger partial charge in [-0.1, -0.05) is 47.6 Å². The van der Waals surface area contributed by atoms with Gasteiger partial charge in [0.1, 0.15) is 5.75 Å². The van der Waals surface area contributed by atoms with Gasteiger partial charge in [0, 0.05) is 23.3 Å². The van der Waals surface area contributed by atoms with Crippen LogP contribution < -0.4 is 0 Å². The Labute approximate surface area is 181 Å². The molecule has 2 aliphatic heterocycles. The number of hydrazone groups is 2. The van der Waals surface area contributed by atoms with Gasteiger partial charge in [-0.25, -0.2) is 0 Å². The lowest BCUT2D eigenvalue weighted by Gasteiger charge is -2.31. The monoisotopic (exact) mass is 438 g/mol. The summed E-state index contributed by atoms with van der Waals surface area (Å²) in [4.78, 5) is 0. The summed E-state index contributed by atoms with van der Waals surface area (Å²) < 4.78 is 15.9. The van der Waals surface area contributed by atoms with Crippen LogP contribution in [0.5, 0.6) is 5.75 Å². The zero-order valence-corrected chi connectivity index (χ0v) is 19.9. The Balaban J connectivity index is 1.94. The smallest absolute Gasteiger partial charge is 0.245 e. The van der Waals surface area contributed by atoms with Gasteiger partial charge in [-0.3, -0.25) is 0 Å². The fourth-order valence-corrected chi connectivity index (χ4v) is 4.46. The van der Waals surface area contributed by atoms with Gasteiger partial charge in [-0.2, -0.15) is 8.83 Å². The topological polar surface area (TPSA) is 69.9 Å². The molecule has 0 aromatic heterocycles. The van der Waals surface area contributed by atoms with Gasteiger partial charge >= 0.3 is 0 Å². The van der Waals surface area contributed by atoms with E-state index in [0.717, 1.165) is 0 Å². The molecule has 1 aromatic rings. The fraction of sp³-hybridized carbons (Fsp3) is 0.600. The molecule has 9 heteroatoms. The van der Waals surface area contributed by atoms with Gasteiger partial charge in [-0.15, -0.1) is 10.2 Å². The minimum Gasteiger partial charge on any atom is -0.506 e. The number of hydrogen-bond donors (Lipinski definition) is 1. The lowest BCUT2D eigenvalue weighted by molar-refractivity contribution is 0.0223. The van der Waals surface area contributed by atoms with Crippen LogP contribution in [0.15, 0.2) is 28.4 Å². The van der Waals surface area contributed by atoms with Crippen molar-refractivity contribution in [3.05, 3.63) is 29.3 Å². The molecule has 7 nitrogen and oxygen atoms in total. The average Bonchev–Trinajstić information content (AvgIpc) is 3.25. The van der Waals surface area contributed by atoms with Crippen LogP contribution in [0.2, 0.25) is 0 Å². The first-order valence-electron chi connectivity index (χ1n) is 9.47. The molecule has 0 saturated carbocycles. The first-order chi connectivity index (χ1) is 13.5. The molecule has 0 aliphatic carbocycles. The summed E-state index contributed by atoms with van der Waals surface area (Å²) in [7, 11) is 0. The minimum atomic E-state index is -0.229. The molecule has 1 aromatic carbocycles. The van der Waals surface area contributed by atoms with Crippen LogP contribution in [-0.4, -0.2) is 50.7 Å². The van der Waals surface area contributed by atoms with Crippen LogP contribution in [0.3, 0.4) is 0 Å². The third kappa shape index (κ3) is 4.26. The highest BCUT2D eigenvalue weighted by Crippen LogP contribution is 2.39. The Kier molecular flexibility index (Phi) is 5.93. The maximum Gasteiger partial charge on any atom is 0.245 e. The van der Waals surface area contributed by atoms with E-state index in [9.17, 15) is 5.11 Å². The molecule has 160 valence electrons. The lowest BCUT2D eigenvalue weighted by Crippen LogP contribution is -2.36. The predicted molar refractivity (Wildman–Crippen MR) is 121 cm³/mol. The molecule has 0 spiro atoms. The minimum absolute atomic E-state index is 0.0521. The molecule has 2 unspecified atom stereocenters. The van der Waals surface area contributed by atoms with Gasteiger partial charge in [0.2, 0.25) is 24.3 Å². The van der Waals surface area contributed by atoms with Crippen LogP contribution in [-0.2, 0) is 9.47 Å². The summed E-state index contributed by atoms with van der Waals surface area (Å²) in [6.07, 6.45) is 3.45. The van der Waals surface area contributed by atoms with Gasteiger partial charge in [-0.05, 0) is 36.0 Å². The van der Waals surface area contributed by atoms with Crippen molar-refractivity contribution in [2.24, 2.45) is 21.0 Å². The lowest BCUT2D eigenvalue weighted by atomic mass is 9.94. The number of benzene rings is 1. The number of rotatable bonds is 4. The maximum absolute atomic E-state index is 11.0. The fourth-order valence-electron chi connectivity index (χ4n) is 3.05. The molecule has 2 heterocycles. The molecule has 29 heavy (non-hydrogen) atoms. The zero-order valence-electron chi connectivity index (χ0n) is 18.3. The molecule has 2 atom stereocenters. The van der Waals surface area contributed by atoms with E-state index in [-0.39, 0.29) is 29.0 Å². The second-order valence-corrected chi connectivity index (χ2v) is 10.6. The van der Waals surface area contributed by atoms with Gasteiger partial charge < -0.3 is 14.6 Å². The normalized spacial score (nSPS) is 22.3. The number of phenolic OH excluding ortho intramolecular Hbond substituents is 1. The number of para-hydroxylation sites is 1. The standard InChI is InChI=1S/C20H30N4O3S2/c1-19(2,3)17-23(28-7)21-15(26-17)12-10-9-11-13(14(12)25)16-22-24(29-8)18(27-16)20(4,5)6/h9-11,17-18,25H,1-8H3. The third-order valence-electron chi connectivity index (χ3n) is 4.58. The summed E-state index contributed by atoms with van der Waals surface area (Å²) in [5.41, 5.74) is 0.765. The van der Waals surface area contributed by atoms with E-state index in [0.29, 0.717) is 22.9 Å². The van der Waals surface area contributed by atoms with Crippen molar-refractivity contribution < 1.29 is 14.6 Å². The first kappa shape index (κ1) is 22.0. The quantitative estimate of drug-likeness (QED) is 0.685. The van der Waals surface area contributed by atoms with Crippen molar-refractivity contribution >= 4 is 35.7 Å². The average molecular weight is 439 g/mol. The predicted octanol–water partition coefficient (Wildman–Crippen LogP) is 4.68.